The van der Waals surface area contributed by atoms with E-state index in [9.17, 15) is 17.6 Å². The van der Waals surface area contributed by atoms with Gasteiger partial charge in [-0.2, -0.15) is 13.5 Å². The molecule has 0 spiro atoms. The van der Waals surface area contributed by atoms with Crippen LogP contribution in [0.25, 0.3) is 0 Å². The summed E-state index contributed by atoms with van der Waals surface area (Å²) in [6.07, 6.45) is 3.06. The highest BCUT2D eigenvalue weighted by Gasteiger charge is 2.30. The van der Waals surface area contributed by atoms with Crippen LogP contribution in [-0.2, 0) is 21.5 Å². The highest BCUT2D eigenvalue weighted by molar-refractivity contribution is 7.88. The monoisotopic (exact) mass is 453 g/mol. The van der Waals surface area contributed by atoms with Gasteiger partial charge >= 0.3 is 10.2 Å². The number of hydrogen-bond acceptors (Lipinski definition) is 4. The van der Waals surface area contributed by atoms with E-state index in [4.69, 9.17) is 0 Å². The Bertz CT molecular complexity index is 1330. The zero-order chi connectivity index (χ0) is 22.9. The third kappa shape index (κ3) is 4.59. The highest BCUT2D eigenvalue weighted by atomic mass is 32.2. The minimum absolute atomic E-state index is 0.0400. The summed E-state index contributed by atoms with van der Waals surface area (Å²) in [6, 6.07) is 14.8. The quantitative estimate of drug-likeness (QED) is 0.643. The average molecular weight is 453 g/mol. The molecule has 0 radical (unpaired) electrons. The molecular weight excluding hydrogens is 433 g/mol. The van der Waals surface area contributed by atoms with Gasteiger partial charge in [0.2, 0.25) is 0 Å². The second-order valence-corrected chi connectivity index (χ2v) is 8.92. The van der Waals surface area contributed by atoms with Crippen LogP contribution < -0.4 is 5.32 Å². The Kier molecular flexibility index (Phi) is 5.62. The molecule has 1 N–H and O–H groups in total. The zero-order valence-corrected chi connectivity index (χ0v) is 18.2. The van der Waals surface area contributed by atoms with Crippen LogP contribution in [0.5, 0.6) is 0 Å². The minimum atomic E-state index is -4.12. The molecule has 0 saturated carbocycles. The normalized spacial score (nSPS) is 15.2. The maximum Gasteiger partial charge on any atom is 0.345 e. The fourth-order valence-corrected chi connectivity index (χ4v) is 4.01. The van der Waals surface area contributed by atoms with Crippen LogP contribution in [0, 0.1) is 12.7 Å². The van der Waals surface area contributed by atoms with E-state index in [2.05, 4.69) is 14.8 Å². The van der Waals surface area contributed by atoms with Gasteiger partial charge in [-0.05, 0) is 42.8 Å². The van der Waals surface area contributed by atoms with Crippen LogP contribution in [0.15, 0.2) is 77.0 Å². The van der Waals surface area contributed by atoms with Crippen molar-refractivity contribution in [1.82, 2.24) is 14.1 Å². The number of carbonyl (C=O) groups excluding carboxylic acids is 1. The van der Waals surface area contributed by atoms with Crippen LogP contribution >= 0.6 is 0 Å². The van der Waals surface area contributed by atoms with Crippen LogP contribution in [0.4, 0.5) is 10.2 Å². The summed E-state index contributed by atoms with van der Waals surface area (Å²) < 4.78 is 44.3. The summed E-state index contributed by atoms with van der Waals surface area (Å²) in [5.41, 5.74) is 2.49. The van der Waals surface area contributed by atoms with E-state index in [1.807, 2.05) is 31.2 Å². The lowest BCUT2D eigenvalue weighted by atomic mass is 10.1. The Morgan fingerprint density at radius 1 is 1.06 bits per heavy atom. The molecule has 8 nitrogen and oxygen atoms in total. The number of benzene rings is 2. The van der Waals surface area contributed by atoms with Gasteiger partial charge in [-0.3, -0.25) is 9.48 Å². The number of aromatic nitrogens is 2. The summed E-state index contributed by atoms with van der Waals surface area (Å²) >= 11 is 0. The van der Waals surface area contributed by atoms with Crippen molar-refractivity contribution in [2.45, 2.75) is 13.5 Å². The van der Waals surface area contributed by atoms with Crippen molar-refractivity contribution in [1.29, 1.82) is 0 Å². The van der Waals surface area contributed by atoms with Gasteiger partial charge in [-0.15, -0.1) is 4.40 Å². The molecule has 0 saturated heterocycles. The van der Waals surface area contributed by atoms with E-state index in [0.717, 1.165) is 15.4 Å². The third-order valence-corrected chi connectivity index (χ3v) is 6.21. The molecular formula is C22H20FN5O3S. The van der Waals surface area contributed by atoms with Crippen LogP contribution in [-0.4, -0.2) is 41.2 Å². The number of halogens is 1. The second-order valence-electron chi connectivity index (χ2n) is 7.30. The first-order valence-electron chi connectivity index (χ1n) is 9.68. The van der Waals surface area contributed by atoms with Crippen molar-refractivity contribution in [2.75, 3.05) is 12.4 Å². The molecule has 1 aromatic heterocycles. The third-order valence-electron chi connectivity index (χ3n) is 4.89. The van der Waals surface area contributed by atoms with Gasteiger partial charge in [-0.25, -0.2) is 8.70 Å². The standard InChI is InChI=1S/C22H20FN5O3S/c1-15-3-5-16(6-4-15)14-28-12-11-21(25-28)24-22(29)20-13-19(26-32(30,31)27(20)2)17-7-9-18(23)10-8-17/h3-13H,14H2,1-2H3,(H,24,25,29). The molecule has 2 aromatic carbocycles. The minimum Gasteiger partial charge on any atom is -0.304 e. The fourth-order valence-electron chi connectivity index (χ4n) is 3.10. The van der Waals surface area contributed by atoms with Crippen molar-refractivity contribution in [3.63, 3.8) is 0 Å². The van der Waals surface area contributed by atoms with Gasteiger partial charge in [0, 0.05) is 24.9 Å². The SMILES string of the molecule is Cc1ccc(Cn2ccc(NC(=O)C3=CC(c4ccc(F)cc4)=NS(=O)(=O)N3C)n2)cc1. The Labute approximate surface area is 184 Å². The molecule has 1 aliphatic heterocycles. The predicted octanol–water partition coefficient (Wildman–Crippen LogP) is 2.88. The molecule has 3 aromatic rings. The lowest BCUT2D eigenvalue weighted by molar-refractivity contribution is -0.113. The van der Waals surface area contributed by atoms with Crippen LogP contribution in [0.3, 0.4) is 0 Å². The molecule has 1 amide bonds. The number of amides is 1. The molecule has 0 bridgehead atoms. The average Bonchev–Trinajstić information content (AvgIpc) is 3.18. The number of rotatable bonds is 5. The number of allylic oxidation sites excluding steroid dienone is 1. The molecule has 1 aliphatic rings. The summed E-state index contributed by atoms with van der Waals surface area (Å²) in [5.74, 6) is -0.848. The maximum absolute atomic E-state index is 13.2. The van der Waals surface area contributed by atoms with Crippen molar-refractivity contribution >= 4 is 27.6 Å². The first-order chi connectivity index (χ1) is 15.2. The van der Waals surface area contributed by atoms with Crippen LogP contribution in [0.2, 0.25) is 0 Å². The molecule has 0 aliphatic carbocycles. The topological polar surface area (TPSA) is 96.7 Å². The lowest BCUT2D eigenvalue weighted by Gasteiger charge is -2.23. The number of carbonyl (C=O) groups is 1. The van der Waals surface area contributed by atoms with Gasteiger partial charge < -0.3 is 5.32 Å². The lowest BCUT2D eigenvalue weighted by Crippen LogP contribution is -2.35. The Morgan fingerprint density at radius 2 is 1.75 bits per heavy atom. The number of hydrogen-bond donors (Lipinski definition) is 1. The molecule has 0 atom stereocenters. The summed E-state index contributed by atoms with van der Waals surface area (Å²) in [7, 11) is -2.88. The van der Waals surface area contributed by atoms with Crippen LogP contribution in [0.1, 0.15) is 16.7 Å². The molecule has 10 heteroatoms. The largest absolute Gasteiger partial charge is 0.345 e. The van der Waals surface area contributed by atoms with Gasteiger partial charge in [0.15, 0.2) is 5.82 Å². The summed E-state index contributed by atoms with van der Waals surface area (Å²) in [6.45, 7) is 2.53. The summed E-state index contributed by atoms with van der Waals surface area (Å²) in [5, 5.41) is 6.94. The van der Waals surface area contributed by atoms with E-state index >= 15 is 0 Å². The number of aryl methyl sites for hydroxylation is 1. The van der Waals surface area contributed by atoms with E-state index in [0.29, 0.717) is 12.1 Å². The van der Waals surface area contributed by atoms with E-state index in [-0.39, 0.29) is 17.2 Å². The second kappa shape index (κ2) is 8.39. The van der Waals surface area contributed by atoms with Gasteiger partial charge in [0.25, 0.3) is 5.91 Å². The van der Waals surface area contributed by atoms with Gasteiger partial charge in [0.05, 0.1) is 12.3 Å². The Hall–Kier alpha value is -3.79. The number of likely N-dealkylation sites (N-methyl/N-ethyl adjacent to an activating group) is 1. The predicted molar refractivity (Wildman–Crippen MR) is 119 cm³/mol. The first-order valence-corrected chi connectivity index (χ1v) is 11.1. The van der Waals surface area contributed by atoms with Crippen molar-refractivity contribution < 1.29 is 17.6 Å². The Balaban J connectivity index is 1.54. The molecule has 4 rings (SSSR count). The van der Waals surface area contributed by atoms with E-state index in [1.165, 1.54) is 37.4 Å². The molecule has 32 heavy (non-hydrogen) atoms. The van der Waals surface area contributed by atoms with Crippen molar-refractivity contribution in [3.05, 3.63) is 95.1 Å². The highest BCUT2D eigenvalue weighted by Crippen LogP contribution is 2.21. The molecule has 0 fully saturated rings. The number of nitrogens with zero attached hydrogens (tertiary/aromatic N) is 4. The number of anilines is 1. The Morgan fingerprint density at radius 3 is 2.44 bits per heavy atom. The molecule has 164 valence electrons. The zero-order valence-electron chi connectivity index (χ0n) is 17.4. The smallest absolute Gasteiger partial charge is 0.304 e. The van der Waals surface area contributed by atoms with E-state index < -0.39 is 21.9 Å². The fraction of sp³-hybridized carbons (Fsp3) is 0.136. The maximum atomic E-state index is 13.2. The first kappa shape index (κ1) is 21.4. The number of nitrogens with one attached hydrogen (secondary N) is 1. The van der Waals surface area contributed by atoms with Gasteiger partial charge in [0.1, 0.15) is 11.5 Å². The molecule has 2 heterocycles. The molecule has 0 unspecified atom stereocenters. The summed E-state index contributed by atoms with van der Waals surface area (Å²) in [4.78, 5) is 12.9. The van der Waals surface area contributed by atoms with Crippen molar-refractivity contribution in [3.8, 4) is 0 Å². The van der Waals surface area contributed by atoms with Gasteiger partial charge in [-0.1, -0.05) is 29.8 Å². The van der Waals surface area contributed by atoms with E-state index in [1.54, 1.807) is 16.9 Å². The van der Waals surface area contributed by atoms with Crippen molar-refractivity contribution in [2.24, 2.45) is 4.40 Å².